The Balaban J connectivity index is 1.46. The van der Waals surface area contributed by atoms with Gasteiger partial charge in [0, 0.05) is 24.3 Å². The fourth-order valence-corrected chi connectivity index (χ4v) is 4.98. The van der Waals surface area contributed by atoms with E-state index in [9.17, 15) is 9.59 Å². The number of fused-ring (bicyclic) bond motifs is 1. The number of piperidine rings is 1. The second-order valence-corrected chi connectivity index (χ2v) is 8.79. The SMILES string of the molecule is C[C@@H]1CCC[C@@H](C)N1c1nc2c(c(Nc3ccc([C@@H]4CCNC4=O)cc3)n1)C(=O)NC2. The summed E-state index contributed by atoms with van der Waals surface area (Å²) in [5.74, 6) is 1.06. The number of amides is 2. The molecule has 0 aliphatic carbocycles. The van der Waals surface area contributed by atoms with Gasteiger partial charge in [-0.15, -0.1) is 0 Å². The average molecular weight is 421 g/mol. The molecule has 8 nitrogen and oxygen atoms in total. The first-order valence-electron chi connectivity index (χ1n) is 11.1. The molecule has 31 heavy (non-hydrogen) atoms. The molecule has 2 saturated heterocycles. The van der Waals surface area contributed by atoms with Gasteiger partial charge in [0.25, 0.3) is 5.91 Å². The number of benzene rings is 1. The molecule has 5 rings (SSSR count). The van der Waals surface area contributed by atoms with Gasteiger partial charge in [-0.25, -0.2) is 4.98 Å². The monoisotopic (exact) mass is 420 g/mol. The zero-order valence-corrected chi connectivity index (χ0v) is 17.9. The molecule has 3 N–H and O–H groups in total. The van der Waals surface area contributed by atoms with Crippen LogP contribution >= 0.6 is 0 Å². The first-order chi connectivity index (χ1) is 15.0. The summed E-state index contributed by atoms with van der Waals surface area (Å²) in [4.78, 5) is 36.3. The Morgan fingerprint density at radius 1 is 1.00 bits per heavy atom. The van der Waals surface area contributed by atoms with Crippen molar-refractivity contribution in [2.75, 3.05) is 16.8 Å². The highest BCUT2D eigenvalue weighted by atomic mass is 16.2. The highest BCUT2D eigenvalue weighted by Crippen LogP contribution is 2.32. The minimum Gasteiger partial charge on any atom is -0.356 e. The molecular formula is C23H28N6O2. The predicted octanol–water partition coefficient (Wildman–Crippen LogP) is 2.83. The fraction of sp³-hybridized carbons (Fsp3) is 0.478. The lowest BCUT2D eigenvalue weighted by Crippen LogP contribution is -2.45. The number of rotatable bonds is 4. The molecule has 2 fully saturated rings. The Morgan fingerprint density at radius 3 is 2.42 bits per heavy atom. The van der Waals surface area contributed by atoms with Crippen LogP contribution in [-0.4, -0.2) is 40.4 Å². The van der Waals surface area contributed by atoms with Gasteiger partial charge < -0.3 is 20.9 Å². The lowest BCUT2D eigenvalue weighted by molar-refractivity contribution is -0.120. The molecule has 8 heteroatoms. The molecule has 0 unspecified atom stereocenters. The first kappa shape index (κ1) is 19.8. The van der Waals surface area contributed by atoms with Gasteiger partial charge in [0.05, 0.1) is 18.2 Å². The van der Waals surface area contributed by atoms with Gasteiger partial charge in [0.2, 0.25) is 11.9 Å². The molecule has 3 aliphatic rings. The summed E-state index contributed by atoms with van der Waals surface area (Å²) in [5, 5.41) is 9.08. The second-order valence-electron chi connectivity index (χ2n) is 8.79. The lowest BCUT2D eigenvalue weighted by atomic mass is 9.97. The van der Waals surface area contributed by atoms with Crippen molar-refractivity contribution in [3.05, 3.63) is 41.1 Å². The van der Waals surface area contributed by atoms with Crippen molar-refractivity contribution >= 4 is 29.3 Å². The van der Waals surface area contributed by atoms with Gasteiger partial charge in [-0.1, -0.05) is 12.1 Å². The molecule has 0 saturated carbocycles. The van der Waals surface area contributed by atoms with Crippen LogP contribution in [0.1, 0.15) is 67.1 Å². The molecule has 3 atom stereocenters. The summed E-state index contributed by atoms with van der Waals surface area (Å²) in [6.45, 7) is 5.56. The van der Waals surface area contributed by atoms with Crippen LogP contribution in [-0.2, 0) is 11.3 Å². The number of nitrogens with one attached hydrogen (secondary N) is 3. The molecule has 4 heterocycles. The van der Waals surface area contributed by atoms with E-state index in [1.54, 1.807) is 0 Å². The van der Waals surface area contributed by atoms with Crippen molar-refractivity contribution in [1.82, 2.24) is 20.6 Å². The van der Waals surface area contributed by atoms with E-state index in [1.165, 1.54) is 6.42 Å². The summed E-state index contributed by atoms with van der Waals surface area (Å²) < 4.78 is 0. The Morgan fingerprint density at radius 2 is 1.74 bits per heavy atom. The van der Waals surface area contributed by atoms with E-state index in [1.807, 2.05) is 24.3 Å². The van der Waals surface area contributed by atoms with Gasteiger partial charge in [-0.3, -0.25) is 9.59 Å². The maximum Gasteiger partial charge on any atom is 0.257 e. The summed E-state index contributed by atoms with van der Waals surface area (Å²) in [6.07, 6.45) is 4.25. The Labute approximate surface area is 181 Å². The standard InChI is InChI=1S/C23H28N6O2/c1-13-4-3-5-14(2)29(13)23-27-18-12-25-22(31)19(18)20(28-23)26-16-8-6-15(7-9-16)17-10-11-24-21(17)30/h6-9,13-14,17H,3-5,10-12H2,1-2H3,(H,24,30)(H,25,31)(H,26,27,28)/t13-,14-,17+/m1/s1. The number of hydrogen-bond acceptors (Lipinski definition) is 6. The van der Waals surface area contributed by atoms with Crippen LogP contribution in [0.2, 0.25) is 0 Å². The van der Waals surface area contributed by atoms with Crippen LogP contribution in [0.4, 0.5) is 17.5 Å². The van der Waals surface area contributed by atoms with Crippen LogP contribution < -0.4 is 20.9 Å². The second kappa shape index (κ2) is 7.83. The first-order valence-corrected chi connectivity index (χ1v) is 11.1. The minimum absolute atomic E-state index is 0.0837. The molecular weight excluding hydrogens is 392 g/mol. The normalized spacial score (nSPS) is 25.2. The van der Waals surface area contributed by atoms with Crippen LogP contribution in [0.25, 0.3) is 0 Å². The van der Waals surface area contributed by atoms with Gasteiger partial charge in [0.1, 0.15) is 11.4 Å². The Hall–Kier alpha value is -3.16. The third kappa shape index (κ3) is 3.60. The lowest BCUT2D eigenvalue weighted by Gasteiger charge is -2.39. The topological polar surface area (TPSA) is 99.2 Å². The van der Waals surface area contributed by atoms with E-state index in [0.29, 0.717) is 36.0 Å². The van der Waals surface area contributed by atoms with E-state index in [4.69, 9.17) is 9.97 Å². The van der Waals surface area contributed by atoms with E-state index in [0.717, 1.165) is 42.8 Å². The number of hydrogen-bond donors (Lipinski definition) is 3. The molecule has 2 amide bonds. The van der Waals surface area contributed by atoms with Crippen molar-refractivity contribution in [1.29, 1.82) is 0 Å². The molecule has 1 aromatic heterocycles. The van der Waals surface area contributed by atoms with Gasteiger partial charge >= 0.3 is 0 Å². The summed E-state index contributed by atoms with van der Waals surface area (Å²) in [5.41, 5.74) is 3.08. The summed E-state index contributed by atoms with van der Waals surface area (Å²) >= 11 is 0. The number of anilines is 3. The zero-order chi connectivity index (χ0) is 21.5. The van der Waals surface area contributed by atoms with E-state index in [2.05, 4.69) is 34.7 Å². The van der Waals surface area contributed by atoms with E-state index >= 15 is 0 Å². The number of aromatic nitrogens is 2. The van der Waals surface area contributed by atoms with Crippen molar-refractivity contribution in [2.24, 2.45) is 0 Å². The molecule has 162 valence electrons. The Kier molecular flexibility index (Phi) is 5.00. The van der Waals surface area contributed by atoms with Crippen molar-refractivity contribution < 1.29 is 9.59 Å². The average Bonchev–Trinajstić information content (AvgIpc) is 3.34. The van der Waals surface area contributed by atoms with Crippen LogP contribution in [0, 0.1) is 0 Å². The number of carbonyl (C=O) groups is 2. The van der Waals surface area contributed by atoms with E-state index in [-0.39, 0.29) is 17.7 Å². The van der Waals surface area contributed by atoms with Gasteiger partial charge in [0.15, 0.2) is 0 Å². The van der Waals surface area contributed by atoms with Crippen LogP contribution in [0.3, 0.4) is 0 Å². The minimum atomic E-state index is -0.150. The van der Waals surface area contributed by atoms with Crippen molar-refractivity contribution in [2.45, 2.75) is 64.1 Å². The maximum absolute atomic E-state index is 12.5. The Bertz CT molecular complexity index is 1010. The van der Waals surface area contributed by atoms with Gasteiger partial charge in [-0.2, -0.15) is 4.98 Å². The molecule has 1 aromatic carbocycles. The molecule has 3 aliphatic heterocycles. The summed E-state index contributed by atoms with van der Waals surface area (Å²) in [7, 11) is 0. The highest BCUT2D eigenvalue weighted by Gasteiger charge is 2.32. The van der Waals surface area contributed by atoms with Crippen molar-refractivity contribution in [3.63, 3.8) is 0 Å². The summed E-state index contributed by atoms with van der Waals surface area (Å²) in [6, 6.07) is 8.53. The third-order valence-corrected chi connectivity index (χ3v) is 6.66. The smallest absolute Gasteiger partial charge is 0.257 e. The fourth-order valence-electron chi connectivity index (χ4n) is 4.98. The van der Waals surface area contributed by atoms with Crippen LogP contribution in [0.5, 0.6) is 0 Å². The zero-order valence-electron chi connectivity index (χ0n) is 17.9. The molecule has 2 aromatic rings. The number of nitrogens with zero attached hydrogens (tertiary/aromatic N) is 3. The van der Waals surface area contributed by atoms with Gasteiger partial charge in [-0.05, 0) is 57.2 Å². The van der Waals surface area contributed by atoms with Crippen LogP contribution in [0.15, 0.2) is 24.3 Å². The predicted molar refractivity (Wildman–Crippen MR) is 119 cm³/mol. The quantitative estimate of drug-likeness (QED) is 0.703. The largest absolute Gasteiger partial charge is 0.356 e. The maximum atomic E-state index is 12.5. The van der Waals surface area contributed by atoms with E-state index < -0.39 is 0 Å². The third-order valence-electron chi connectivity index (χ3n) is 6.66. The molecule has 0 radical (unpaired) electrons. The van der Waals surface area contributed by atoms with Crippen molar-refractivity contribution in [3.8, 4) is 0 Å². The number of carbonyl (C=O) groups excluding carboxylic acids is 2. The highest BCUT2D eigenvalue weighted by molar-refractivity contribution is 6.03. The molecule has 0 spiro atoms. The molecule has 0 bridgehead atoms.